The molecule has 0 bridgehead atoms. The van der Waals surface area contributed by atoms with Gasteiger partial charge in [0.25, 0.3) is 0 Å². The summed E-state index contributed by atoms with van der Waals surface area (Å²) in [5.41, 5.74) is 6.58. The molecule has 0 aliphatic carbocycles. The summed E-state index contributed by atoms with van der Waals surface area (Å²) in [6.45, 7) is 7.98. The van der Waals surface area contributed by atoms with E-state index in [1.54, 1.807) is 11.3 Å². The van der Waals surface area contributed by atoms with E-state index >= 15 is 0 Å². The van der Waals surface area contributed by atoms with Crippen LogP contribution in [-0.2, 0) is 4.79 Å². The fourth-order valence-electron chi connectivity index (χ4n) is 2.49. The summed E-state index contributed by atoms with van der Waals surface area (Å²) in [6.07, 6.45) is 0. The van der Waals surface area contributed by atoms with E-state index < -0.39 is 6.04 Å². The highest BCUT2D eigenvalue weighted by molar-refractivity contribution is 7.17. The second-order valence-electron chi connectivity index (χ2n) is 5.00. The summed E-state index contributed by atoms with van der Waals surface area (Å²) in [5.74, 6) is -0.321. The molecule has 1 atom stereocenters. The number of carbonyl (C=O) groups excluding carboxylic acids is 1. The average molecular weight is 305 g/mol. The van der Waals surface area contributed by atoms with Crippen molar-refractivity contribution in [3.63, 3.8) is 0 Å². The molecule has 0 saturated carbocycles. The Morgan fingerprint density at radius 2 is 2.05 bits per heavy atom. The minimum Gasteiger partial charge on any atom is -0.368 e. The van der Waals surface area contributed by atoms with E-state index in [-0.39, 0.29) is 5.91 Å². The largest absolute Gasteiger partial charge is 0.368 e. The lowest BCUT2D eigenvalue weighted by Crippen LogP contribution is -2.38. The summed E-state index contributed by atoms with van der Waals surface area (Å²) < 4.78 is 1.18. The molecule has 1 heterocycles. The van der Waals surface area contributed by atoms with Gasteiger partial charge >= 0.3 is 0 Å². The quantitative estimate of drug-likeness (QED) is 0.787. The van der Waals surface area contributed by atoms with Crippen LogP contribution in [0.1, 0.15) is 25.5 Å². The third-order valence-electron chi connectivity index (χ3n) is 3.78. The molecule has 0 radical (unpaired) electrons. The van der Waals surface area contributed by atoms with E-state index in [4.69, 9.17) is 5.73 Å². The Morgan fingerprint density at radius 1 is 1.33 bits per heavy atom. The fraction of sp³-hybridized carbons (Fsp3) is 0.438. The predicted molar refractivity (Wildman–Crippen MR) is 89.6 cm³/mol. The number of thiophene rings is 1. The molecular formula is C16H23N3OS. The maximum atomic E-state index is 11.8. The lowest BCUT2D eigenvalue weighted by Gasteiger charge is -2.21. The maximum absolute atomic E-state index is 11.8. The molecule has 0 aliphatic heterocycles. The minimum absolute atomic E-state index is 0.321. The molecule has 1 aromatic heterocycles. The molecule has 21 heavy (non-hydrogen) atoms. The van der Waals surface area contributed by atoms with Crippen LogP contribution in [0.25, 0.3) is 10.1 Å². The van der Waals surface area contributed by atoms with Gasteiger partial charge in [0.15, 0.2) is 0 Å². The van der Waals surface area contributed by atoms with Crippen molar-refractivity contribution in [2.45, 2.75) is 19.9 Å². The van der Waals surface area contributed by atoms with Crippen LogP contribution in [0.4, 0.5) is 0 Å². The highest BCUT2D eigenvalue weighted by Gasteiger charge is 2.20. The van der Waals surface area contributed by atoms with Gasteiger partial charge in [-0.25, -0.2) is 0 Å². The minimum atomic E-state index is -0.420. The van der Waals surface area contributed by atoms with E-state index in [2.05, 4.69) is 30.1 Å². The Hall–Kier alpha value is -1.43. The summed E-state index contributed by atoms with van der Waals surface area (Å²) in [6, 6.07) is 7.69. The zero-order valence-corrected chi connectivity index (χ0v) is 13.5. The number of carbonyl (C=O) groups is 1. The molecule has 114 valence electrons. The fourth-order valence-corrected chi connectivity index (χ4v) is 3.48. The van der Waals surface area contributed by atoms with Crippen LogP contribution in [0.2, 0.25) is 0 Å². The maximum Gasteiger partial charge on any atom is 0.239 e. The van der Waals surface area contributed by atoms with Crippen molar-refractivity contribution >= 4 is 27.3 Å². The molecule has 0 spiro atoms. The molecule has 0 fully saturated rings. The van der Waals surface area contributed by atoms with Crippen molar-refractivity contribution in [1.82, 2.24) is 10.2 Å². The number of nitrogens with two attached hydrogens (primary N) is 1. The Bertz CT molecular complexity index is 592. The van der Waals surface area contributed by atoms with Gasteiger partial charge in [-0.05, 0) is 35.5 Å². The summed E-state index contributed by atoms with van der Waals surface area (Å²) in [4.78, 5) is 14.1. The third-order valence-corrected chi connectivity index (χ3v) is 4.76. The zero-order valence-electron chi connectivity index (χ0n) is 12.6. The summed E-state index contributed by atoms with van der Waals surface area (Å²) in [7, 11) is 0. The number of fused-ring (bicyclic) bond motifs is 1. The van der Waals surface area contributed by atoms with Crippen LogP contribution < -0.4 is 11.1 Å². The Morgan fingerprint density at radius 3 is 2.71 bits per heavy atom. The second kappa shape index (κ2) is 7.54. The van der Waals surface area contributed by atoms with Gasteiger partial charge in [-0.3, -0.25) is 4.79 Å². The topological polar surface area (TPSA) is 58.4 Å². The third kappa shape index (κ3) is 3.81. The van der Waals surface area contributed by atoms with Gasteiger partial charge in [0.05, 0.1) is 0 Å². The van der Waals surface area contributed by atoms with Crippen LogP contribution >= 0.6 is 11.3 Å². The molecule has 1 amide bonds. The van der Waals surface area contributed by atoms with Gasteiger partial charge in [0.1, 0.15) is 6.04 Å². The molecule has 1 aromatic carbocycles. The van der Waals surface area contributed by atoms with Crippen molar-refractivity contribution in [1.29, 1.82) is 0 Å². The SMILES string of the molecule is CCN(CC)CCNC(C(N)=O)c1csc2ccccc12. The number of likely N-dealkylation sites (N-methyl/N-ethyl adjacent to an activating group) is 1. The average Bonchev–Trinajstić information content (AvgIpc) is 2.91. The molecule has 0 aliphatic rings. The van der Waals surface area contributed by atoms with Crippen molar-refractivity contribution in [2.24, 2.45) is 5.73 Å². The predicted octanol–water partition coefficient (Wildman–Crippen LogP) is 2.36. The zero-order chi connectivity index (χ0) is 15.2. The molecule has 4 nitrogen and oxygen atoms in total. The van der Waals surface area contributed by atoms with Crippen LogP contribution in [0, 0.1) is 0 Å². The molecular weight excluding hydrogens is 282 g/mol. The monoisotopic (exact) mass is 305 g/mol. The van der Waals surface area contributed by atoms with Gasteiger partial charge in [0, 0.05) is 17.8 Å². The molecule has 5 heteroatoms. The van der Waals surface area contributed by atoms with Gasteiger partial charge < -0.3 is 16.0 Å². The van der Waals surface area contributed by atoms with Crippen LogP contribution in [-0.4, -0.2) is 37.0 Å². The van der Waals surface area contributed by atoms with Crippen molar-refractivity contribution in [3.8, 4) is 0 Å². The highest BCUT2D eigenvalue weighted by Crippen LogP contribution is 2.30. The standard InChI is InChI=1S/C16H23N3OS/c1-3-19(4-2)10-9-18-15(16(17)20)13-11-21-14-8-6-5-7-12(13)14/h5-8,11,15,18H,3-4,9-10H2,1-2H3,(H2,17,20). The number of benzene rings is 1. The molecule has 3 N–H and O–H groups in total. The lowest BCUT2D eigenvalue weighted by atomic mass is 10.1. The first-order valence-corrected chi connectivity index (χ1v) is 8.26. The number of amides is 1. The smallest absolute Gasteiger partial charge is 0.239 e. The number of hydrogen-bond donors (Lipinski definition) is 2. The highest BCUT2D eigenvalue weighted by atomic mass is 32.1. The number of nitrogens with one attached hydrogen (secondary N) is 1. The van der Waals surface area contributed by atoms with Crippen LogP contribution in [0.3, 0.4) is 0 Å². The molecule has 2 rings (SSSR count). The Labute approximate surface area is 129 Å². The number of hydrogen-bond acceptors (Lipinski definition) is 4. The molecule has 0 saturated heterocycles. The first kappa shape index (κ1) is 15.9. The van der Waals surface area contributed by atoms with E-state index in [0.29, 0.717) is 0 Å². The van der Waals surface area contributed by atoms with E-state index in [1.165, 1.54) is 4.70 Å². The Balaban J connectivity index is 2.10. The summed E-state index contributed by atoms with van der Waals surface area (Å²) in [5, 5.41) is 6.45. The normalized spacial score (nSPS) is 12.9. The van der Waals surface area contributed by atoms with Gasteiger partial charge in [-0.2, -0.15) is 0 Å². The molecule has 2 aromatic rings. The van der Waals surface area contributed by atoms with E-state index in [9.17, 15) is 4.79 Å². The Kier molecular flexibility index (Phi) is 5.73. The van der Waals surface area contributed by atoms with Gasteiger partial charge in [-0.15, -0.1) is 11.3 Å². The van der Waals surface area contributed by atoms with E-state index in [0.717, 1.165) is 37.1 Å². The van der Waals surface area contributed by atoms with Crippen LogP contribution in [0.15, 0.2) is 29.6 Å². The number of nitrogens with zero attached hydrogens (tertiary/aromatic N) is 1. The van der Waals surface area contributed by atoms with Gasteiger partial charge in [-0.1, -0.05) is 32.0 Å². The van der Waals surface area contributed by atoms with Gasteiger partial charge in [0.2, 0.25) is 5.91 Å². The number of primary amides is 1. The summed E-state index contributed by atoms with van der Waals surface area (Å²) >= 11 is 1.65. The van der Waals surface area contributed by atoms with Crippen molar-refractivity contribution in [3.05, 3.63) is 35.2 Å². The van der Waals surface area contributed by atoms with Crippen molar-refractivity contribution < 1.29 is 4.79 Å². The lowest BCUT2D eigenvalue weighted by molar-refractivity contribution is -0.120. The number of rotatable bonds is 8. The van der Waals surface area contributed by atoms with Crippen molar-refractivity contribution in [2.75, 3.05) is 26.2 Å². The first-order valence-electron chi connectivity index (χ1n) is 7.38. The van der Waals surface area contributed by atoms with E-state index in [1.807, 2.05) is 23.6 Å². The first-order chi connectivity index (χ1) is 10.2. The molecule has 1 unspecified atom stereocenters. The second-order valence-corrected chi connectivity index (χ2v) is 5.91. The van der Waals surface area contributed by atoms with Crippen LogP contribution in [0.5, 0.6) is 0 Å².